The fraction of sp³-hybridized carbons (Fsp3) is 0.235. The van der Waals surface area contributed by atoms with Crippen LogP contribution in [0.1, 0.15) is 13.3 Å². The van der Waals surface area contributed by atoms with E-state index in [1.54, 1.807) is 12.1 Å². The van der Waals surface area contributed by atoms with Crippen molar-refractivity contribution in [2.24, 2.45) is 0 Å². The smallest absolute Gasteiger partial charge is 0.262 e. The molecule has 0 aliphatic carbocycles. The van der Waals surface area contributed by atoms with E-state index < -0.39 is 0 Å². The Morgan fingerprint density at radius 1 is 1.05 bits per heavy atom. The number of benzene rings is 2. The standard InChI is InChI=1S/C17H18BrNO3/c1-2-11-21-13-7-9-14(10-8-13)22-12-17(20)19-16-6-4-3-5-15(16)18/h3-10H,2,11-12H2,1H3,(H,19,20). The number of ether oxygens (including phenoxy) is 2. The van der Waals surface area contributed by atoms with Gasteiger partial charge in [-0.3, -0.25) is 4.79 Å². The molecule has 1 N–H and O–H groups in total. The molecule has 2 aromatic carbocycles. The molecule has 2 aromatic rings. The largest absolute Gasteiger partial charge is 0.494 e. The number of halogens is 1. The zero-order valence-corrected chi connectivity index (χ0v) is 13.9. The van der Waals surface area contributed by atoms with Crippen LogP contribution >= 0.6 is 15.9 Å². The van der Waals surface area contributed by atoms with Crippen molar-refractivity contribution in [3.63, 3.8) is 0 Å². The molecular formula is C17H18BrNO3. The highest BCUT2D eigenvalue weighted by atomic mass is 79.9. The van der Waals surface area contributed by atoms with Gasteiger partial charge in [0.05, 0.1) is 12.3 Å². The first-order chi connectivity index (χ1) is 10.7. The van der Waals surface area contributed by atoms with Crippen molar-refractivity contribution in [2.75, 3.05) is 18.5 Å². The van der Waals surface area contributed by atoms with Gasteiger partial charge in [0.2, 0.25) is 0 Å². The highest BCUT2D eigenvalue weighted by Gasteiger charge is 2.06. The number of hydrogen-bond donors (Lipinski definition) is 1. The normalized spacial score (nSPS) is 10.1. The van der Waals surface area contributed by atoms with Crippen LogP contribution in [0.4, 0.5) is 5.69 Å². The van der Waals surface area contributed by atoms with Crippen LogP contribution in [-0.4, -0.2) is 19.1 Å². The summed E-state index contributed by atoms with van der Waals surface area (Å²) in [5.74, 6) is 1.22. The van der Waals surface area contributed by atoms with Crippen LogP contribution in [0.3, 0.4) is 0 Å². The number of amides is 1. The summed E-state index contributed by atoms with van der Waals surface area (Å²) in [5, 5.41) is 2.78. The predicted molar refractivity (Wildman–Crippen MR) is 90.5 cm³/mol. The molecule has 0 fully saturated rings. The quantitative estimate of drug-likeness (QED) is 0.799. The van der Waals surface area contributed by atoms with E-state index in [2.05, 4.69) is 28.2 Å². The lowest BCUT2D eigenvalue weighted by atomic mass is 10.3. The second-order valence-corrected chi connectivity index (χ2v) is 5.49. The number of rotatable bonds is 7. The van der Waals surface area contributed by atoms with Crippen LogP contribution in [0.5, 0.6) is 11.5 Å². The molecule has 0 aliphatic heterocycles. The molecule has 0 saturated heterocycles. The molecular weight excluding hydrogens is 346 g/mol. The molecule has 0 spiro atoms. The molecule has 22 heavy (non-hydrogen) atoms. The Labute approximate surface area is 138 Å². The van der Waals surface area contributed by atoms with E-state index in [-0.39, 0.29) is 12.5 Å². The van der Waals surface area contributed by atoms with E-state index in [1.807, 2.05) is 36.4 Å². The minimum atomic E-state index is -0.210. The first kappa shape index (κ1) is 16.4. The van der Waals surface area contributed by atoms with Crippen LogP contribution in [0.2, 0.25) is 0 Å². The lowest BCUT2D eigenvalue weighted by Crippen LogP contribution is -2.20. The third-order valence-electron chi connectivity index (χ3n) is 2.81. The summed E-state index contributed by atoms with van der Waals surface area (Å²) in [6.07, 6.45) is 0.966. The van der Waals surface area contributed by atoms with Crippen molar-refractivity contribution >= 4 is 27.5 Å². The second kappa shape index (κ2) is 8.44. The predicted octanol–water partition coefficient (Wildman–Crippen LogP) is 4.26. The summed E-state index contributed by atoms with van der Waals surface area (Å²) in [7, 11) is 0. The van der Waals surface area contributed by atoms with E-state index in [9.17, 15) is 4.79 Å². The minimum absolute atomic E-state index is 0.0451. The third-order valence-corrected chi connectivity index (χ3v) is 3.51. The van der Waals surface area contributed by atoms with E-state index in [0.29, 0.717) is 12.4 Å². The number of nitrogens with one attached hydrogen (secondary N) is 1. The van der Waals surface area contributed by atoms with Crippen molar-refractivity contribution in [3.8, 4) is 11.5 Å². The Hall–Kier alpha value is -2.01. The second-order valence-electron chi connectivity index (χ2n) is 4.64. The topological polar surface area (TPSA) is 47.6 Å². The van der Waals surface area contributed by atoms with Gasteiger partial charge in [-0.1, -0.05) is 19.1 Å². The molecule has 0 aliphatic rings. The van der Waals surface area contributed by atoms with Gasteiger partial charge >= 0.3 is 0 Å². The highest BCUT2D eigenvalue weighted by molar-refractivity contribution is 9.10. The molecule has 5 heteroatoms. The van der Waals surface area contributed by atoms with Crippen LogP contribution in [0, 0.1) is 0 Å². The number of carbonyl (C=O) groups excluding carboxylic acids is 1. The molecule has 0 unspecified atom stereocenters. The van der Waals surface area contributed by atoms with Gasteiger partial charge in [-0.25, -0.2) is 0 Å². The van der Waals surface area contributed by atoms with Crippen molar-refractivity contribution in [1.29, 1.82) is 0 Å². The molecule has 0 radical (unpaired) electrons. The highest BCUT2D eigenvalue weighted by Crippen LogP contribution is 2.21. The average Bonchev–Trinajstić information content (AvgIpc) is 2.54. The minimum Gasteiger partial charge on any atom is -0.494 e. The SMILES string of the molecule is CCCOc1ccc(OCC(=O)Nc2ccccc2Br)cc1. The number of para-hydroxylation sites is 1. The fourth-order valence-corrected chi connectivity index (χ4v) is 2.13. The van der Waals surface area contributed by atoms with Gasteiger partial charge in [0.1, 0.15) is 11.5 Å². The van der Waals surface area contributed by atoms with Crippen LogP contribution in [0.15, 0.2) is 53.0 Å². The summed E-state index contributed by atoms with van der Waals surface area (Å²) in [6, 6.07) is 14.7. The molecule has 0 heterocycles. The maximum absolute atomic E-state index is 11.9. The van der Waals surface area contributed by atoms with Crippen molar-refractivity contribution < 1.29 is 14.3 Å². The molecule has 4 nitrogen and oxygen atoms in total. The molecule has 1 amide bonds. The van der Waals surface area contributed by atoms with Crippen molar-refractivity contribution in [1.82, 2.24) is 0 Å². The molecule has 0 aromatic heterocycles. The van der Waals surface area contributed by atoms with Crippen LogP contribution < -0.4 is 14.8 Å². The monoisotopic (exact) mass is 363 g/mol. The van der Waals surface area contributed by atoms with E-state index >= 15 is 0 Å². The Bertz CT molecular complexity index is 614. The van der Waals surface area contributed by atoms with Gasteiger partial charge < -0.3 is 14.8 Å². The van der Waals surface area contributed by atoms with Gasteiger partial charge in [-0.15, -0.1) is 0 Å². The summed E-state index contributed by atoms with van der Waals surface area (Å²) >= 11 is 3.38. The fourth-order valence-electron chi connectivity index (χ4n) is 1.75. The molecule has 116 valence electrons. The molecule has 0 atom stereocenters. The maximum atomic E-state index is 11.9. The van der Waals surface area contributed by atoms with Crippen LogP contribution in [0.25, 0.3) is 0 Å². The number of hydrogen-bond acceptors (Lipinski definition) is 3. The first-order valence-electron chi connectivity index (χ1n) is 7.09. The van der Waals surface area contributed by atoms with E-state index in [0.717, 1.165) is 22.3 Å². The Morgan fingerprint density at radius 3 is 2.32 bits per heavy atom. The van der Waals surface area contributed by atoms with Gasteiger partial charge in [-0.2, -0.15) is 0 Å². The van der Waals surface area contributed by atoms with Gasteiger partial charge in [0, 0.05) is 4.47 Å². The number of carbonyl (C=O) groups is 1. The zero-order valence-electron chi connectivity index (χ0n) is 12.3. The zero-order chi connectivity index (χ0) is 15.8. The van der Waals surface area contributed by atoms with Gasteiger partial charge in [-0.05, 0) is 58.7 Å². The third kappa shape index (κ3) is 5.07. The van der Waals surface area contributed by atoms with E-state index in [4.69, 9.17) is 9.47 Å². The summed E-state index contributed by atoms with van der Waals surface area (Å²) < 4.78 is 11.8. The summed E-state index contributed by atoms with van der Waals surface area (Å²) in [6.45, 7) is 2.70. The van der Waals surface area contributed by atoms with Crippen LogP contribution in [-0.2, 0) is 4.79 Å². The van der Waals surface area contributed by atoms with Crippen molar-refractivity contribution in [2.45, 2.75) is 13.3 Å². The lowest BCUT2D eigenvalue weighted by Gasteiger charge is -2.09. The Morgan fingerprint density at radius 2 is 1.68 bits per heavy atom. The first-order valence-corrected chi connectivity index (χ1v) is 7.88. The Kier molecular flexibility index (Phi) is 6.27. The van der Waals surface area contributed by atoms with Gasteiger partial charge in [0.25, 0.3) is 5.91 Å². The summed E-state index contributed by atoms with van der Waals surface area (Å²) in [5.41, 5.74) is 0.722. The van der Waals surface area contributed by atoms with E-state index in [1.165, 1.54) is 0 Å². The Balaban J connectivity index is 1.82. The van der Waals surface area contributed by atoms with Crippen molar-refractivity contribution in [3.05, 3.63) is 53.0 Å². The lowest BCUT2D eigenvalue weighted by molar-refractivity contribution is -0.118. The number of anilines is 1. The molecule has 2 rings (SSSR count). The molecule has 0 saturated carbocycles. The summed E-state index contributed by atoms with van der Waals surface area (Å²) in [4.78, 5) is 11.9. The van der Waals surface area contributed by atoms with Gasteiger partial charge in [0.15, 0.2) is 6.61 Å². The molecule has 0 bridgehead atoms. The maximum Gasteiger partial charge on any atom is 0.262 e. The average molecular weight is 364 g/mol.